The zero-order chi connectivity index (χ0) is 21.8. The largest absolute Gasteiger partial charge is 0.470 e. The van der Waals surface area contributed by atoms with E-state index in [1.54, 1.807) is 31.5 Å². The number of rotatable bonds is 7. The summed E-state index contributed by atoms with van der Waals surface area (Å²) in [4.78, 5) is 4.03. The average Bonchev–Trinajstić information content (AvgIpc) is 3.40. The quantitative estimate of drug-likeness (QED) is 0.445. The highest BCUT2D eigenvalue weighted by Gasteiger charge is 2.15. The summed E-state index contributed by atoms with van der Waals surface area (Å²) in [6.45, 7) is 1.98. The highest BCUT2D eigenvalue weighted by atomic mass is 19.3. The van der Waals surface area contributed by atoms with E-state index in [0.717, 1.165) is 11.8 Å². The van der Waals surface area contributed by atoms with Crippen LogP contribution in [0, 0.1) is 18.3 Å². The van der Waals surface area contributed by atoms with Crippen LogP contribution in [0.3, 0.4) is 0 Å². The highest BCUT2D eigenvalue weighted by Crippen LogP contribution is 2.20. The van der Waals surface area contributed by atoms with E-state index in [9.17, 15) is 8.78 Å². The minimum absolute atomic E-state index is 0.0746. The normalized spacial score (nSPS) is 10.9. The Morgan fingerprint density at radius 2 is 2.00 bits per heavy atom. The Bertz CT molecular complexity index is 1210. The van der Waals surface area contributed by atoms with Crippen molar-refractivity contribution in [3.8, 4) is 29.0 Å². The molecule has 0 amide bonds. The second-order valence-electron chi connectivity index (χ2n) is 6.41. The molecule has 10 nitrogen and oxygen atoms in total. The fraction of sp³-hybridized carbons (Fsp3) is 0.211. The van der Waals surface area contributed by atoms with Crippen molar-refractivity contribution in [2.24, 2.45) is 0 Å². The van der Waals surface area contributed by atoms with Crippen molar-refractivity contribution in [1.29, 1.82) is 5.26 Å². The Hall–Kier alpha value is -4.27. The van der Waals surface area contributed by atoms with Gasteiger partial charge in [0.1, 0.15) is 18.8 Å². The van der Waals surface area contributed by atoms with Crippen molar-refractivity contribution >= 4 is 0 Å². The van der Waals surface area contributed by atoms with E-state index in [0.29, 0.717) is 22.9 Å². The molecule has 0 aliphatic carbocycles. The molecule has 4 aromatic rings. The number of aryl methyl sites for hydroxylation is 1. The molecule has 0 N–H and O–H groups in total. The topological polar surface area (TPSA) is 120 Å². The van der Waals surface area contributed by atoms with Crippen molar-refractivity contribution in [2.75, 3.05) is 0 Å². The fourth-order valence-corrected chi connectivity index (χ4v) is 2.73. The number of hydrogen-bond donors (Lipinski definition) is 0. The molecule has 0 bridgehead atoms. The van der Waals surface area contributed by atoms with Gasteiger partial charge in [0.25, 0.3) is 6.43 Å². The second kappa shape index (κ2) is 8.62. The van der Waals surface area contributed by atoms with Gasteiger partial charge in [0.2, 0.25) is 5.88 Å². The van der Waals surface area contributed by atoms with Gasteiger partial charge in [0.05, 0.1) is 23.7 Å². The highest BCUT2D eigenvalue weighted by molar-refractivity contribution is 5.56. The maximum absolute atomic E-state index is 12.7. The summed E-state index contributed by atoms with van der Waals surface area (Å²) in [6.07, 6.45) is 1.81. The van der Waals surface area contributed by atoms with E-state index < -0.39 is 6.43 Å². The Kier molecular flexibility index (Phi) is 5.57. The van der Waals surface area contributed by atoms with Crippen LogP contribution in [-0.2, 0) is 13.2 Å². The van der Waals surface area contributed by atoms with Crippen molar-refractivity contribution in [2.45, 2.75) is 26.5 Å². The lowest BCUT2D eigenvalue weighted by Gasteiger charge is -2.08. The van der Waals surface area contributed by atoms with Gasteiger partial charge in [0, 0.05) is 29.6 Å². The van der Waals surface area contributed by atoms with Gasteiger partial charge in [-0.3, -0.25) is 4.68 Å². The Balaban J connectivity index is 1.47. The van der Waals surface area contributed by atoms with Gasteiger partial charge in [-0.25, -0.2) is 13.8 Å². The molecule has 31 heavy (non-hydrogen) atoms. The van der Waals surface area contributed by atoms with Crippen molar-refractivity contribution in [3.05, 3.63) is 59.8 Å². The van der Waals surface area contributed by atoms with Gasteiger partial charge < -0.3 is 4.74 Å². The Labute approximate surface area is 174 Å². The van der Waals surface area contributed by atoms with E-state index in [2.05, 4.69) is 30.6 Å². The van der Waals surface area contributed by atoms with Crippen LogP contribution in [0.15, 0.2) is 42.9 Å². The first kappa shape index (κ1) is 20.0. The van der Waals surface area contributed by atoms with Crippen molar-refractivity contribution < 1.29 is 13.5 Å². The van der Waals surface area contributed by atoms with Crippen molar-refractivity contribution in [1.82, 2.24) is 40.0 Å². The first-order chi connectivity index (χ1) is 15.0. The zero-order valence-corrected chi connectivity index (χ0v) is 16.2. The summed E-state index contributed by atoms with van der Waals surface area (Å²) >= 11 is 0. The second-order valence-corrected chi connectivity index (χ2v) is 6.41. The smallest absolute Gasteiger partial charge is 0.265 e. The number of nitriles is 1. The third-order valence-corrected chi connectivity index (χ3v) is 4.36. The number of halogens is 2. The molecule has 0 saturated carbocycles. The maximum Gasteiger partial charge on any atom is 0.265 e. The molecule has 0 radical (unpaired) electrons. The number of aromatic nitrogens is 8. The van der Waals surface area contributed by atoms with Crippen LogP contribution in [0.1, 0.15) is 23.4 Å². The zero-order valence-electron chi connectivity index (χ0n) is 16.2. The number of hydrogen-bond acceptors (Lipinski definition) is 8. The summed E-state index contributed by atoms with van der Waals surface area (Å²) < 4.78 is 34.1. The molecule has 156 valence electrons. The third-order valence-electron chi connectivity index (χ3n) is 4.36. The Morgan fingerprint density at radius 1 is 1.13 bits per heavy atom. The molecule has 4 heterocycles. The number of pyridine rings is 1. The van der Waals surface area contributed by atoms with Gasteiger partial charge in [0.15, 0.2) is 5.82 Å². The van der Waals surface area contributed by atoms with Crippen LogP contribution in [0.4, 0.5) is 8.78 Å². The fourth-order valence-electron chi connectivity index (χ4n) is 2.73. The molecule has 0 saturated heterocycles. The summed E-state index contributed by atoms with van der Waals surface area (Å²) in [5, 5.41) is 29.0. The molecule has 0 aliphatic rings. The molecule has 4 rings (SSSR count). The van der Waals surface area contributed by atoms with E-state index in [1.165, 1.54) is 21.5 Å². The molecule has 0 unspecified atom stereocenters. The molecular weight excluding hydrogens is 408 g/mol. The summed E-state index contributed by atoms with van der Waals surface area (Å²) in [6, 6.07) is 8.13. The number of alkyl halides is 2. The monoisotopic (exact) mass is 423 g/mol. The minimum Gasteiger partial charge on any atom is -0.470 e. The lowest BCUT2D eigenvalue weighted by atomic mass is 10.2. The molecule has 12 heteroatoms. The van der Waals surface area contributed by atoms with Gasteiger partial charge in [-0.05, 0) is 25.1 Å². The summed E-state index contributed by atoms with van der Waals surface area (Å²) in [7, 11) is 0. The number of nitrogens with zero attached hydrogens (tertiary/aromatic N) is 9. The molecular formula is C19H15F2N9O. The van der Waals surface area contributed by atoms with E-state index in [1.807, 2.05) is 6.07 Å². The van der Waals surface area contributed by atoms with E-state index >= 15 is 0 Å². The van der Waals surface area contributed by atoms with E-state index in [4.69, 9.17) is 10.00 Å². The molecule has 0 spiro atoms. The van der Waals surface area contributed by atoms with Crippen LogP contribution in [0.25, 0.3) is 17.1 Å². The standard InChI is InChI=1S/C19H15F2N9O/c1-12-16(30(28-25-12)17-4-2-13(8-23-17)19(20)21)11-31-18-5-3-15(26-27-18)14-9-24-29(10-14)7-6-22/h2-5,8-10,19H,7,11H2,1H3. The summed E-state index contributed by atoms with van der Waals surface area (Å²) in [5.41, 5.74) is 2.34. The van der Waals surface area contributed by atoms with E-state index in [-0.39, 0.29) is 24.6 Å². The first-order valence-corrected chi connectivity index (χ1v) is 9.07. The predicted molar refractivity (Wildman–Crippen MR) is 102 cm³/mol. The van der Waals surface area contributed by atoms with Crippen LogP contribution in [0.2, 0.25) is 0 Å². The Morgan fingerprint density at radius 3 is 2.68 bits per heavy atom. The molecule has 0 aromatic carbocycles. The van der Waals surface area contributed by atoms with Crippen LogP contribution in [-0.4, -0.2) is 40.0 Å². The number of ether oxygens (including phenoxy) is 1. The van der Waals surface area contributed by atoms with Gasteiger partial charge in [-0.15, -0.1) is 15.3 Å². The minimum atomic E-state index is -2.59. The lowest BCUT2D eigenvalue weighted by Crippen LogP contribution is -2.09. The van der Waals surface area contributed by atoms with Crippen molar-refractivity contribution in [3.63, 3.8) is 0 Å². The molecule has 0 fully saturated rings. The third kappa shape index (κ3) is 4.35. The van der Waals surface area contributed by atoms with Gasteiger partial charge in [-0.1, -0.05) is 5.21 Å². The maximum atomic E-state index is 12.7. The first-order valence-electron chi connectivity index (χ1n) is 9.07. The predicted octanol–water partition coefficient (Wildman–Crippen LogP) is 2.66. The molecule has 0 aliphatic heterocycles. The lowest BCUT2D eigenvalue weighted by molar-refractivity contribution is 0.151. The van der Waals surface area contributed by atoms with Crippen LogP contribution < -0.4 is 4.74 Å². The van der Waals surface area contributed by atoms with Crippen LogP contribution in [0.5, 0.6) is 5.88 Å². The van der Waals surface area contributed by atoms with Crippen LogP contribution >= 0.6 is 0 Å². The SMILES string of the molecule is Cc1nnn(-c2ccc(C(F)F)cn2)c1COc1ccc(-c2cnn(CC#N)c2)nn1. The van der Waals surface area contributed by atoms with Gasteiger partial charge >= 0.3 is 0 Å². The molecule has 4 aromatic heterocycles. The summed E-state index contributed by atoms with van der Waals surface area (Å²) in [5.74, 6) is 0.626. The average molecular weight is 423 g/mol. The molecule has 0 atom stereocenters. The van der Waals surface area contributed by atoms with Gasteiger partial charge in [-0.2, -0.15) is 15.0 Å².